The molecule has 0 unspecified atom stereocenters. The summed E-state index contributed by atoms with van der Waals surface area (Å²) in [6.45, 7) is 2.41. The van der Waals surface area contributed by atoms with Gasteiger partial charge in [-0.05, 0) is 31.9 Å². The Morgan fingerprint density at radius 3 is 2.74 bits per heavy atom. The summed E-state index contributed by atoms with van der Waals surface area (Å²) in [4.78, 5) is 23.2. The first kappa shape index (κ1) is 13.4. The van der Waals surface area contributed by atoms with Gasteiger partial charge in [-0.2, -0.15) is 0 Å². The lowest BCUT2D eigenvalue weighted by Gasteiger charge is -2.11. The van der Waals surface area contributed by atoms with Crippen LogP contribution >= 0.6 is 0 Å². The summed E-state index contributed by atoms with van der Waals surface area (Å²) in [5, 5.41) is 5.36. The largest absolute Gasteiger partial charge is 0.492 e. The SMILES string of the molecule is CCOc1ccccc1NC(=O)CNC(=O)C1CC1. The zero-order valence-electron chi connectivity index (χ0n) is 10.9. The van der Waals surface area contributed by atoms with Crippen molar-refractivity contribution >= 4 is 17.5 Å². The van der Waals surface area contributed by atoms with E-state index >= 15 is 0 Å². The average Bonchev–Trinajstić information content (AvgIpc) is 3.23. The Kier molecular flexibility index (Phi) is 4.39. The summed E-state index contributed by atoms with van der Waals surface area (Å²) in [6.07, 6.45) is 1.86. The molecule has 102 valence electrons. The smallest absolute Gasteiger partial charge is 0.243 e. The Bertz CT molecular complexity index is 470. The number of carbonyl (C=O) groups is 2. The fourth-order valence-electron chi connectivity index (χ4n) is 1.70. The third-order valence-electron chi connectivity index (χ3n) is 2.83. The maximum atomic E-state index is 11.7. The molecule has 1 saturated carbocycles. The van der Waals surface area contributed by atoms with Crippen molar-refractivity contribution in [3.05, 3.63) is 24.3 Å². The Hall–Kier alpha value is -2.04. The van der Waals surface area contributed by atoms with Crippen LogP contribution in [0.2, 0.25) is 0 Å². The van der Waals surface area contributed by atoms with Gasteiger partial charge in [0.1, 0.15) is 5.75 Å². The summed E-state index contributed by atoms with van der Waals surface area (Å²) in [7, 11) is 0. The standard InChI is InChI=1S/C14H18N2O3/c1-2-19-12-6-4-3-5-11(12)16-13(17)9-15-14(18)10-7-8-10/h3-6,10H,2,7-9H2,1H3,(H,15,18)(H,16,17). The van der Waals surface area contributed by atoms with E-state index in [1.165, 1.54) is 0 Å². The second-order valence-corrected chi connectivity index (χ2v) is 4.47. The highest BCUT2D eigenvalue weighted by Gasteiger charge is 2.29. The first-order chi connectivity index (χ1) is 9.20. The fraction of sp³-hybridized carbons (Fsp3) is 0.429. The molecule has 2 rings (SSSR count). The number of ether oxygens (including phenoxy) is 1. The number of para-hydroxylation sites is 2. The molecule has 1 fully saturated rings. The molecule has 0 heterocycles. The van der Waals surface area contributed by atoms with Crippen LogP contribution in [-0.4, -0.2) is 25.0 Å². The van der Waals surface area contributed by atoms with Gasteiger partial charge in [0.25, 0.3) is 0 Å². The maximum Gasteiger partial charge on any atom is 0.243 e. The number of amides is 2. The molecule has 0 aromatic heterocycles. The van der Waals surface area contributed by atoms with E-state index in [0.29, 0.717) is 18.0 Å². The fourth-order valence-corrected chi connectivity index (χ4v) is 1.70. The minimum absolute atomic E-state index is 0.00417. The number of rotatable bonds is 6. The van der Waals surface area contributed by atoms with Crippen molar-refractivity contribution in [3.8, 4) is 5.75 Å². The first-order valence-corrected chi connectivity index (χ1v) is 6.50. The zero-order chi connectivity index (χ0) is 13.7. The highest BCUT2D eigenvalue weighted by molar-refractivity contribution is 5.96. The lowest BCUT2D eigenvalue weighted by Crippen LogP contribution is -2.33. The Morgan fingerprint density at radius 1 is 1.32 bits per heavy atom. The van der Waals surface area contributed by atoms with Gasteiger partial charge < -0.3 is 15.4 Å². The van der Waals surface area contributed by atoms with Gasteiger partial charge >= 0.3 is 0 Å². The van der Waals surface area contributed by atoms with Crippen molar-refractivity contribution in [1.29, 1.82) is 0 Å². The molecule has 0 aliphatic heterocycles. The van der Waals surface area contributed by atoms with Crippen LogP contribution in [0.25, 0.3) is 0 Å². The molecule has 2 N–H and O–H groups in total. The number of hydrogen-bond acceptors (Lipinski definition) is 3. The summed E-state index contributed by atoms with van der Waals surface area (Å²) in [5.74, 6) is 0.463. The molecule has 1 aliphatic rings. The van der Waals surface area contributed by atoms with Gasteiger partial charge in [0.15, 0.2) is 0 Å². The van der Waals surface area contributed by atoms with Crippen molar-refractivity contribution in [1.82, 2.24) is 5.32 Å². The summed E-state index contributed by atoms with van der Waals surface area (Å²) in [6, 6.07) is 7.23. The van der Waals surface area contributed by atoms with Crippen LogP contribution in [0.15, 0.2) is 24.3 Å². The van der Waals surface area contributed by atoms with E-state index in [-0.39, 0.29) is 24.3 Å². The highest BCUT2D eigenvalue weighted by atomic mass is 16.5. The predicted molar refractivity (Wildman–Crippen MR) is 72.0 cm³/mol. The molecule has 19 heavy (non-hydrogen) atoms. The van der Waals surface area contributed by atoms with Crippen molar-refractivity contribution in [2.45, 2.75) is 19.8 Å². The van der Waals surface area contributed by atoms with E-state index in [1.54, 1.807) is 12.1 Å². The van der Waals surface area contributed by atoms with Crippen LogP contribution in [-0.2, 0) is 9.59 Å². The molecule has 2 amide bonds. The maximum absolute atomic E-state index is 11.7. The molecule has 0 radical (unpaired) electrons. The molecule has 0 bridgehead atoms. The average molecular weight is 262 g/mol. The van der Waals surface area contributed by atoms with Gasteiger partial charge in [0.2, 0.25) is 11.8 Å². The quantitative estimate of drug-likeness (QED) is 0.817. The van der Waals surface area contributed by atoms with E-state index in [2.05, 4.69) is 10.6 Å². The van der Waals surface area contributed by atoms with E-state index in [0.717, 1.165) is 12.8 Å². The molecule has 1 aromatic rings. The minimum atomic E-state index is -0.249. The van der Waals surface area contributed by atoms with E-state index in [1.807, 2.05) is 19.1 Å². The van der Waals surface area contributed by atoms with Crippen LogP contribution in [0.1, 0.15) is 19.8 Å². The topological polar surface area (TPSA) is 67.4 Å². The van der Waals surface area contributed by atoms with Crippen molar-refractivity contribution in [2.75, 3.05) is 18.5 Å². The highest BCUT2D eigenvalue weighted by Crippen LogP contribution is 2.28. The van der Waals surface area contributed by atoms with Crippen molar-refractivity contribution < 1.29 is 14.3 Å². The van der Waals surface area contributed by atoms with E-state index in [9.17, 15) is 9.59 Å². The van der Waals surface area contributed by atoms with Gasteiger partial charge in [-0.3, -0.25) is 9.59 Å². The van der Waals surface area contributed by atoms with Crippen LogP contribution in [0.4, 0.5) is 5.69 Å². The molecule has 5 nitrogen and oxygen atoms in total. The van der Waals surface area contributed by atoms with E-state index in [4.69, 9.17) is 4.74 Å². The molecular weight excluding hydrogens is 244 g/mol. The zero-order valence-corrected chi connectivity index (χ0v) is 10.9. The summed E-state index contributed by atoms with van der Waals surface area (Å²) >= 11 is 0. The Labute approximate surface area is 112 Å². The molecule has 1 aromatic carbocycles. The van der Waals surface area contributed by atoms with Crippen LogP contribution in [0.5, 0.6) is 5.75 Å². The lowest BCUT2D eigenvalue weighted by atomic mass is 10.3. The van der Waals surface area contributed by atoms with Gasteiger partial charge in [-0.15, -0.1) is 0 Å². The van der Waals surface area contributed by atoms with Crippen molar-refractivity contribution in [3.63, 3.8) is 0 Å². The van der Waals surface area contributed by atoms with Gasteiger partial charge in [0.05, 0.1) is 18.8 Å². The second kappa shape index (κ2) is 6.22. The predicted octanol–water partition coefficient (Wildman–Crippen LogP) is 1.55. The number of hydrogen-bond donors (Lipinski definition) is 2. The normalized spacial score (nSPS) is 13.7. The number of nitrogens with one attached hydrogen (secondary N) is 2. The Morgan fingerprint density at radius 2 is 2.05 bits per heavy atom. The molecule has 0 saturated heterocycles. The van der Waals surface area contributed by atoms with Crippen molar-refractivity contribution in [2.24, 2.45) is 5.92 Å². The molecular formula is C14H18N2O3. The molecule has 0 spiro atoms. The van der Waals surface area contributed by atoms with Gasteiger partial charge in [-0.1, -0.05) is 12.1 Å². The lowest BCUT2D eigenvalue weighted by molar-refractivity contribution is -0.125. The molecule has 5 heteroatoms. The summed E-state index contributed by atoms with van der Waals surface area (Å²) in [5.41, 5.74) is 0.620. The Balaban J connectivity index is 1.85. The molecule has 1 aliphatic carbocycles. The molecule has 0 atom stereocenters. The third kappa shape index (κ3) is 3.98. The minimum Gasteiger partial charge on any atom is -0.492 e. The van der Waals surface area contributed by atoms with Crippen LogP contribution in [0, 0.1) is 5.92 Å². The van der Waals surface area contributed by atoms with Gasteiger partial charge in [-0.25, -0.2) is 0 Å². The number of carbonyl (C=O) groups excluding carboxylic acids is 2. The summed E-state index contributed by atoms with van der Waals surface area (Å²) < 4.78 is 5.41. The third-order valence-corrected chi connectivity index (χ3v) is 2.83. The van der Waals surface area contributed by atoms with E-state index < -0.39 is 0 Å². The van der Waals surface area contributed by atoms with Crippen LogP contribution in [0.3, 0.4) is 0 Å². The second-order valence-electron chi connectivity index (χ2n) is 4.47. The monoisotopic (exact) mass is 262 g/mol. The van der Waals surface area contributed by atoms with Gasteiger partial charge in [0, 0.05) is 5.92 Å². The van der Waals surface area contributed by atoms with Crippen LogP contribution < -0.4 is 15.4 Å². The number of benzene rings is 1. The first-order valence-electron chi connectivity index (χ1n) is 6.50. The number of anilines is 1.